The van der Waals surface area contributed by atoms with Crippen LogP contribution in [0.4, 0.5) is 0 Å². The van der Waals surface area contributed by atoms with Crippen molar-refractivity contribution in [3.63, 3.8) is 0 Å². The van der Waals surface area contributed by atoms with Crippen molar-refractivity contribution in [1.29, 1.82) is 0 Å². The molecule has 1 rings (SSSR count). The van der Waals surface area contributed by atoms with Crippen LogP contribution in [0.25, 0.3) is 0 Å². The number of ketones is 3. The van der Waals surface area contributed by atoms with E-state index in [0.29, 0.717) is 25.8 Å². The lowest BCUT2D eigenvalue weighted by atomic mass is 9.89. The Morgan fingerprint density at radius 3 is 1.32 bits per heavy atom. The van der Waals surface area contributed by atoms with Gasteiger partial charge in [0.25, 0.3) is 0 Å². The number of rotatable bonds is 44. The van der Waals surface area contributed by atoms with Crippen LogP contribution in [0.1, 0.15) is 142 Å². The highest BCUT2D eigenvalue weighted by molar-refractivity contribution is 5.98. The molecule has 1 aliphatic heterocycles. The molecule has 462 valence electrons. The number of guanidine groups is 3. The van der Waals surface area contributed by atoms with E-state index in [1.54, 1.807) is 13.8 Å². The highest BCUT2D eigenvalue weighted by atomic mass is 16.2. The number of primary amides is 4. The summed E-state index contributed by atoms with van der Waals surface area (Å²) in [7, 11) is 0. The molecule has 1 aliphatic rings. The monoisotopic (exact) mass is 1160 g/mol. The van der Waals surface area contributed by atoms with Gasteiger partial charge in [-0.3, -0.25) is 72.5 Å². The fourth-order valence-electron chi connectivity index (χ4n) is 9.02. The maximum Gasteiger partial charge on any atom is 0.243 e. The number of likely N-dealkylation sites (tertiary alicyclic amines) is 1. The average molecular weight is 1160 g/mol. The summed E-state index contributed by atoms with van der Waals surface area (Å²) in [4.78, 5) is 174. The zero-order chi connectivity index (χ0) is 62.1. The lowest BCUT2D eigenvalue weighted by Crippen LogP contribution is -2.56. The number of amides is 9. The first kappa shape index (κ1) is 72.0. The summed E-state index contributed by atoms with van der Waals surface area (Å²) in [6.07, 6.45) is -1.10. The maximum atomic E-state index is 14.7. The molecule has 31 nitrogen and oxygen atoms in total. The van der Waals surface area contributed by atoms with Crippen LogP contribution in [-0.4, -0.2) is 156 Å². The molecule has 1 saturated heterocycles. The smallest absolute Gasteiger partial charge is 0.243 e. The van der Waals surface area contributed by atoms with Gasteiger partial charge in [-0.25, -0.2) is 0 Å². The Kier molecular flexibility index (Phi) is 33.9. The SMILES string of the molecule is CC(C)C(=O)C[C@@H](CCC(N)=O)C(=O)N[C@@H](CCCN=C(N)N)C(=O)C[C@@H](CCCN=C(N)N)C(=O)N1CCC[C@H]1C(=O)N[C@@H](CCC(N)=O)C(=O)N[C@@H](CCCN=C(N)N)C(=O)C[C@@H](CCC(N)=O)C(=O)N[C@@H](CCCCN)C(N)=O. The molecule has 0 aromatic rings. The van der Waals surface area contributed by atoms with Crippen molar-refractivity contribution in [2.45, 2.75) is 172 Å². The molecule has 82 heavy (non-hydrogen) atoms. The standard InChI is InChI=1S/C51H91N19O12/c1-28(2)37(71)25-29(14-17-40(53)74)44(78)66-32(11-6-22-64-50(59)60)39(73)27-31(9-5-21-63-49(57)58)48(82)70-24-8-13-36(70)47(81)69-35(16-19-42(55)76)46(80)67-33(12-7-23-65-51(61)62)38(72)26-30(15-18-41(54)75)45(79)68-34(43(56)77)10-3-4-20-52/h28-36H,3-27,52H2,1-2H3,(H2,53,74)(H2,54,75)(H2,55,76)(H2,56,77)(H,66,78)(H,67,80)(H,68,79)(H,69,81)(H4,57,58,63)(H4,59,60,64)(H4,61,62,65)/t29-,30-,31-,32+,33+,34+,35+,36+/m1/s1. The number of unbranched alkanes of at least 4 members (excludes halogenated alkanes) is 1. The predicted octanol–water partition coefficient (Wildman–Crippen LogP) is -5.13. The zero-order valence-electron chi connectivity index (χ0n) is 47.4. The number of nitrogens with zero attached hydrogens (tertiary/aromatic N) is 4. The van der Waals surface area contributed by atoms with E-state index in [4.69, 9.17) is 63.1 Å². The molecule has 1 heterocycles. The van der Waals surface area contributed by atoms with Gasteiger partial charge < -0.3 is 89.2 Å². The fraction of sp³-hybridized carbons (Fsp3) is 0.706. The summed E-state index contributed by atoms with van der Waals surface area (Å²) in [5.41, 5.74) is 60.5. The van der Waals surface area contributed by atoms with E-state index in [-0.39, 0.29) is 140 Å². The van der Waals surface area contributed by atoms with E-state index in [1.165, 1.54) is 4.90 Å². The summed E-state index contributed by atoms with van der Waals surface area (Å²) >= 11 is 0. The van der Waals surface area contributed by atoms with Crippen LogP contribution in [0.3, 0.4) is 0 Å². The number of nitrogens with one attached hydrogen (secondary N) is 4. The predicted molar refractivity (Wildman–Crippen MR) is 304 cm³/mol. The first-order valence-electron chi connectivity index (χ1n) is 27.7. The Hall–Kier alpha value is -7.99. The van der Waals surface area contributed by atoms with Crippen LogP contribution in [-0.2, 0) is 57.5 Å². The highest BCUT2D eigenvalue weighted by Crippen LogP contribution is 2.26. The molecule has 0 unspecified atom stereocenters. The Balaban J connectivity index is 3.68. The molecule has 9 amide bonds. The minimum absolute atomic E-state index is 0.000866. The van der Waals surface area contributed by atoms with Gasteiger partial charge in [0.15, 0.2) is 29.4 Å². The molecular weight excluding hydrogens is 1070 g/mol. The van der Waals surface area contributed by atoms with E-state index in [2.05, 4.69) is 36.2 Å². The molecule has 8 atom stereocenters. The molecule has 0 aromatic heterocycles. The molecule has 0 radical (unpaired) electrons. The third kappa shape index (κ3) is 29.5. The molecule has 26 N–H and O–H groups in total. The van der Waals surface area contributed by atoms with Crippen molar-refractivity contribution in [2.24, 2.45) is 102 Å². The highest BCUT2D eigenvalue weighted by Gasteiger charge is 2.40. The number of aliphatic imine (C=N–C) groups is 3. The Labute approximate surface area is 477 Å². The number of nitrogens with two attached hydrogens (primary N) is 11. The maximum absolute atomic E-state index is 14.7. The zero-order valence-corrected chi connectivity index (χ0v) is 47.4. The van der Waals surface area contributed by atoms with Gasteiger partial charge in [-0.05, 0) is 96.4 Å². The minimum Gasteiger partial charge on any atom is -0.370 e. The number of hydrogen-bond donors (Lipinski definition) is 15. The molecular formula is C51H91N19O12. The van der Waals surface area contributed by atoms with Crippen LogP contribution in [0.5, 0.6) is 0 Å². The summed E-state index contributed by atoms with van der Waals surface area (Å²) < 4.78 is 0. The first-order chi connectivity index (χ1) is 38.6. The van der Waals surface area contributed by atoms with Crippen molar-refractivity contribution in [3.8, 4) is 0 Å². The second-order valence-electron chi connectivity index (χ2n) is 20.7. The van der Waals surface area contributed by atoms with Gasteiger partial charge in [-0.1, -0.05) is 13.8 Å². The molecule has 1 fully saturated rings. The second kappa shape index (κ2) is 38.6. The Morgan fingerprint density at radius 1 is 0.463 bits per heavy atom. The average Bonchev–Trinajstić information content (AvgIpc) is 4.07. The van der Waals surface area contributed by atoms with Gasteiger partial charge in [-0.2, -0.15) is 0 Å². The topological polar surface area (TPSA) is 579 Å². The van der Waals surface area contributed by atoms with Crippen molar-refractivity contribution in [3.05, 3.63) is 0 Å². The van der Waals surface area contributed by atoms with Crippen LogP contribution >= 0.6 is 0 Å². The van der Waals surface area contributed by atoms with Gasteiger partial charge in [0, 0.05) is 88.4 Å². The quantitative estimate of drug-likeness (QED) is 0.0154. The van der Waals surface area contributed by atoms with Crippen molar-refractivity contribution >= 4 is 88.4 Å². The Morgan fingerprint density at radius 2 is 0.878 bits per heavy atom. The van der Waals surface area contributed by atoms with Crippen molar-refractivity contribution in [2.75, 3.05) is 32.7 Å². The number of carbonyl (C=O) groups is 12. The van der Waals surface area contributed by atoms with Gasteiger partial charge in [0.05, 0.1) is 12.1 Å². The van der Waals surface area contributed by atoms with Crippen molar-refractivity contribution < 1.29 is 57.5 Å². The van der Waals surface area contributed by atoms with Crippen molar-refractivity contribution in [1.82, 2.24) is 26.2 Å². The van der Waals surface area contributed by atoms with Gasteiger partial charge in [0.1, 0.15) is 23.9 Å². The second-order valence-corrected chi connectivity index (χ2v) is 20.7. The summed E-state index contributed by atoms with van der Waals surface area (Å²) in [6.45, 7) is 3.77. The molecule has 0 bridgehead atoms. The minimum atomic E-state index is -1.55. The molecule has 31 heteroatoms. The van der Waals surface area contributed by atoms with E-state index >= 15 is 0 Å². The van der Waals surface area contributed by atoms with E-state index in [0.717, 1.165) is 0 Å². The normalized spacial score (nSPS) is 15.4. The van der Waals surface area contributed by atoms with Crippen LogP contribution in [0, 0.1) is 23.7 Å². The molecule has 0 aliphatic carbocycles. The van der Waals surface area contributed by atoms with Crippen LogP contribution < -0.4 is 84.3 Å². The summed E-state index contributed by atoms with van der Waals surface area (Å²) in [6, 6.07) is -6.54. The van der Waals surface area contributed by atoms with Gasteiger partial charge in [0.2, 0.25) is 53.2 Å². The summed E-state index contributed by atoms with van der Waals surface area (Å²) in [5, 5.41) is 10.5. The lowest BCUT2D eigenvalue weighted by molar-refractivity contribution is -0.144. The largest absolute Gasteiger partial charge is 0.370 e. The van der Waals surface area contributed by atoms with Crippen LogP contribution in [0.15, 0.2) is 15.0 Å². The summed E-state index contributed by atoms with van der Waals surface area (Å²) in [5.74, 6) is -13.2. The molecule has 0 aromatic carbocycles. The van der Waals surface area contributed by atoms with Gasteiger partial charge in [-0.15, -0.1) is 0 Å². The molecule has 0 spiro atoms. The number of Topliss-reactive ketones (excluding diaryl/α,β-unsaturated/α-hetero) is 3. The first-order valence-corrected chi connectivity index (χ1v) is 27.7. The molecule has 0 saturated carbocycles. The van der Waals surface area contributed by atoms with Gasteiger partial charge >= 0.3 is 0 Å². The van der Waals surface area contributed by atoms with E-state index in [1.807, 2.05) is 0 Å². The van der Waals surface area contributed by atoms with E-state index in [9.17, 15) is 57.5 Å². The lowest BCUT2D eigenvalue weighted by Gasteiger charge is -2.30. The fourth-order valence-corrected chi connectivity index (χ4v) is 9.02. The number of carbonyl (C=O) groups excluding carboxylic acids is 12. The van der Waals surface area contributed by atoms with Crippen LogP contribution in [0.2, 0.25) is 0 Å². The number of hydrogen-bond acceptors (Lipinski definition) is 16. The third-order valence-electron chi connectivity index (χ3n) is 13.6. The van der Waals surface area contributed by atoms with E-state index < -0.39 is 138 Å². The Bertz CT molecular complexity index is 2280. The third-order valence-corrected chi connectivity index (χ3v) is 13.6.